The van der Waals surface area contributed by atoms with E-state index in [0.29, 0.717) is 0 Å². The van der Waals surface area contributed by atoms with E-state index >= 15 is 0 Å². The molecule has 2 heteroatoms. The van der Waals surface area contributed by atoms with E-state index in [2.05, 4.69) is 252 Å². The van der Waals surface area contributed by atoms with Crippen LogP contribution in [0.5, 0.6) is 0 Å². The van der Waals surface area contributed by atoms with Crippen molar-refractivity contribution in [3.05, 3.63) is 264 Å². The van der Waals surface area contributed by atoms with Crippen LogP contribution in [0.3, 0.4) is 0 Å². The highest BCUT2D eigenvalue weighted by Crippen LogP contribution is 2.59. The Hall–Kier alpha value is -7.86. The third kappa shape index (κ3) is 5.59. The van der Waals surface area contributed by atoms with Crippen LogP contribution in [0.25, 0.3) is 38.6 Å². The molecule has 0 N–H and O–H groups in total. The zero-order valence-corrected chi connectivity index (χ0v) is 32.3. The molecule has 59 heavy (non-hydrogen) atoms. The third-order valence-corrected chi connectivity index (χ3v) is 11.9. The molecule has 11 rings (SSSR count). The lowest BCUT2D eigenvalue weighted by atomic mass is 9.67. The second-order valence-corrected chi connectivity index (χ2v) is 15.1. The minimum absolute atomic E-state index is 0.620. The van der Waals surface area contributed by atoms with Gasteiger partial charge >= 0.3 is 0 Å². The largest absolute Gasteiger partial charge is 0.311 e. The molecule has 0 saturated heterocycles. The predicted octanol–water partition coefficient (Wildman–Crippen LogP) is 14.0. The van der Waals surface area contributed by atoms with Gasteiger partial charge in [-0.15, -0.1) is 0 Å². The van der Waals surface area contributed by atoms with Crippen LogP contribution in [0, 0.1) is 11.8 Å². The molecular formula is C57H38N2. The van der Waals surface area contributed by atoms with E-state index < -0.39 is 5.41 Å². The van der Waals surface area contributed by atoms with Crippen LogP contribution in [0.1, 0.15) is 33.4 Å². The van der Waals surface area contributed by atoms with Crippen LogP contribution in [0.4, 0.5) is 17.1 Å². The Morgan fingerprint density at radius 3 is 1.51 bits per heavy atom. The summed E-state index contributed by atoms with van der Waals surface area (Å²) in [5, 5.41) is 2.49. The number of rotatable bonds is 6. The van der Waals surface area contributed by atoms with Gasteiger partial charge in [-0.05, 0) is 107 Å². The molecule has 0 radical (unpaired) electrons. The lowest BCUT2D eigenvalue weighted by Crippen LogP contribution is -2.29. The number of fused-ring (bicyclic) bond motifs is 7. The Morgan fingerprint density at radius 2 is 0.881 bits per heavy atom. The Morgan fingerprint density at radius 1 is 0.390 bits per heavy atom. The fourth-order valence-corrected chi connectivity index (χ4v) is 9.39. The smallest absolute Gasteiger partial charge is 0.0734 e. The summed E-state index contributed by atoms with van der Waals surface area (Å²) in [4.78, 5) is 2.27. The van der Waals surface area contributed by atoms with Gasteiger partial charge in [0.15, 0.2) is 0 Å². The van der Waals surface area contributed by atoms with Gasteiger partial charge in [0.05, 0.1) is 16.4 Å². The van der Waals surface area contributed by atoms with Crippen molar-refractivity contribution in [2.45, 2.75) is 5.41 Å². The molecule has 0 bridgehead atoms. The molecule has 0 atom stereocenters. The molecule has 1 aromatic heterocycles. The quantitative estimate of drug-likeness (QED) is 0.154. The number of hydrogen-bond donors (Lipinski definition) is 0. The van der Waals surface area contributed by atoms with E-state index in [4.69, 9.17) is 0 Å². The molecule has 0 aliphatic heterocycles. The highest BCUT2D eigenvalue weighted by Gasteiger charge is 2.48. The SMILES string of the molecule is C(#Cc1ccc2c(c1)C(c1ccccc1)(c1ccccc1)c1c-2ccc2c3ccccc3n(-c3ccccc3)c12)c1ccc(N(c2ccccc2)c2ccccc2)cc1. The number of aromatic nitrogens is 1. The van der Waals surface area contributed by atoms with Gasteiger partial charge in [0.2, 0.25) is 0 Å². The highest BCUT2D eigenvalue weighted by atomic mass is 15.1. The first-order chi connectivity index (χ1) is 29.3. The van der Waals surface area contributed by atoms with Gasteiger partial charge in [0, 0.05) is 50.2 Å². The highest BCUT2D eigenvalue weighted by molar-refractivity contribution is 6.14. The molecule has 1 aliphatic rings. The van der Waals surface area contributed by atoms with Crippen molar-refractivity contribution in [2.24, 2.45) is 0 Å². The molecule has 1 aliphatic carbocycles. The van der Waals surface area contributed by atoms with E-state index in [1.165, 1.54) is 55.2 Å². The maximum atomic E-state index is 3.60. The third-order valence-electron chi connectivity index (χ3n) is 11.9. The summed E-state index contributed by atoms with van der Waals surface area (Å²) < 4.78 is 2.48. The number of para-hydroxylation sites is 4. The van der Waals surface area contributed by atoms with Gasteiger partial charge in [0.25, 0.3) is 0 Å². The van der Waals surface area contributed by atoms with Crippen LogP contribution in [0.2, 0.25) is 0 Å². The molecule has 276 valence electrons. The lowest BCUT2D eigenvalue weighted by molar-refractivity contribution is 0.771. The van der Waals surface area contributed by atoms with E-state index in [1.54, 1.807) is 0 Å². The topological polar surface area (TPSA) is 8.17 Å². The van der Waals surface area contributed by atoms with Crippen molar-refractivity contribution in [3.63, 3.8) is 0 Å². The summed E-state index contributed by atoms with van der Waals surface area (Å²) in [6.45, 7) is 0. The van der Waals surface area contributed by atoms with Gasteiger partial charge in [-0.2, -0.15) is 0 Å². The Balaban J connectivity index is 1.10. The maximum Gasteiger partial charge on any atom is 0.0734 e. The van der Waals surface area contributed by atoms with Gasteiger partial charge in [-0.25, -0.2) is 0 Å². The van der Waals surface area contributed by atoms with Crippen LogP contribution >= 0.6 is 0 Å². The fraction of sp³-hybridized carbons (Fsp3) is 0.0175. The minimum Gasteiger partial charge on any atom is -0.311 e. The second-order valence-electron chi connectivity index (χ2n) is 15.1. The van der Waals surface area contributed by atoms with Crippen molar-refractivity contribution in [1.29, 1.82) is 0 Å². The maximum absolute atomic E-state index is 3.60. The number of benzene rings is 9. The van der Waals surface area contributed by atoms with Crippen molar-refractivity contribution in [1.82, 2.24) is 4.57 Å². The molecule has 9 aromatic carbocycles. The minimum atomic E-state index is -0.620. The molecular weight excluding hydrogens is 713 g/mol. The predicted molar refractivity (Wildman–Crippen MR) is 245 cm³/mol. The van der Waals surface area contributed by atoms with Crippen molar-refractivity contribution in [3.8, 4) is 28.7 Å². The molecule has 2 nitrogen and oxygen atoms in total. The molecule has 0 spiro atoms. The van der Waals surface area contributed by atoms with Gasteiger partial charge in [-0.3, -0.25) is 0 Å². The molecule has 0 saturated carbocycles. The van der Waals surface area contributed by atoms with Gasteiger partial charge in [-0.1, -0.05) is 164 Å². The summed E-state index contributed by atoms with van der Waals surface area (Å²) >= 11 is 0. The number of anilines is 3. The fourth-order valence-electron chi connectivity index (χ4n) is 9.39. The van der Waals surface area contributed by atoms with Crippen LogP contribution < -0.4 is 4.90 Å². The summed E-state index contributed by atoms with van der Waals surface area (Å²) in [6, 6.07) is 82.9. The first kappa shape index (κ1) is 34.4. The van der Waals surface area contributed by atoms with Crippen molar-refractivity contribution >= 4 is 38.9 Å². The molecule has 10 aromatic rings. The lowest BCUT2D eigenvalue weighted by Gasteiger charge is -2.34. The molecule has 0 fully saturated rings. The zero-order chi connectivity index (χ0) is 39.2. The van der Waals surface area contributed by atoms with Gasteiger partial charge in [0.1, 0.15) is 0 Å². The summed E-state index contributed by atoms with van der Waals surface area (Å²) in [6.07, 6.45) is 0. The standard InChI is InChI=1S/C57H38N2/c1-6-18-43(19-7-1)57(44-20-8-2-9-21-44)53-40-42(31-30-41-32-35-48(36-33-41)58(45-22-10-3-11-23-45)46-24-12-4-13-25-46)34-37-49(53)51-38-39-52-50-28-16-17-29-54(50)59(56(52)55(51)57)47-26-14-5-15-27-47/h1-29,32-40H. The molecule has 0 unspecified atom stereocenters. The van der Waals surface area contributed by atoms with E-state index in [-0.39, 0.29) is 0 Å². The van der Waals surface area contributed by atoms with Crippen LogP contribution in [-0.4, -0.2) is 4.57 Å². The Bertz CT molecular complexity index is 3100. The Labute approximate surface area is 344 Å². The van der Waals surface area contributed by atoms with E-state index in [1.807, 2.05) is 0 Å². The van der Waals surface area contributed by atoms with Crippen LogP contribution in [0.15, 0.2) is 231 Å². The first-order valence-corrected chi connectivity index (χ1v) is 20.2. The van der Waals surface area contributed by atoms with Crippen molar-refractivity contribution < 1.29 is 0 Å². The summed E-state index contributed by atoms with van der Waals surface area (Å²) in [7, 11) is 0. The zero-order valence-electron chi connectivity index (χ0n) is 32.3. The number of hydrogen-bond acceptors (Lipinski definition) is 1. The van der Waals surface area contributed by atoms with E-state index in [9.17, 15) is 0 Å². The number of nitrogens with zero attached hydrogens (tertiary/aromatic N) is 2. The second kappa shape index (κ2) is 14.3. The summed E-state index contributed by atoms with van der Waals surface area (Å²) in [5.74, 6) is 7.13. The normalized spacial score (nSPS) is 12.4. The average molecular weight is 751 g/mol. The Kier molecular flexibility index (Phi) is 8.31. The molecule has 1 heterocycles. The average Bonchev–Trinajstić information content (AvgIpc) is 3.81. The monoisotopic (exact) mass is 750 g/mol. The molecule has 0 amide bonds. The van der Waals surface area contributed by atoms with Crippen molar-refractivity contribution in [2.75, 3.05) is 4.90 Å². The van der Waals surface area contributed by atoms with Crippen LogP contribution in [-0.2, 0) is 5.41 Å². The summed E-state index contributed by atoms with van der Waals surface area (Å²) in [5.41, 5.74) is 15.7. The first-order valence-electron chi connectivity index (χ1n) is 20.2. The van der Waals surface area contributed by atoms with Gasteiger partial charge < -0.3 is 9.47 Å². The van der Waals surface area contributed by atoms with E-state index in [0.717, 1.165) is 33.9 Å².